The first-order valence-electron chi connectivity index (χ1n) is 10.4. The van der Waals surface area contributed by atoms with Crippen LogP contribution < -0.4 is 5.32 Å². The number of nitrogens with one attached hydrogen (secondary N) is 1. The standard InChI is InChI=1S/C24H24FN3O2/c1-15-12-28-13-19(10-20(28)14-30-15)27-24(29)17-7-5-16(6-8-17)18-9-21-22(25)3-2-4-23(21)26-11-18/h2-9,11,15,19-20H,10,12-14H2,1H3,(H,27,29)/t15-,19+,20+/m1/s1. The fraction of sp³-hybridized carbons (Fsp3) is 0.333. The number of amides is 1. The van der Waals surface area contributed by atoms with Gasteiger partial charge < -0.3 is 10.1 Å². The highest BCUT2D eigenvalue weighted by atomic mass is 19.1. The van der Waals surface area contributed by atoms with Gasteiger partial charge in [0.05, 0.1) is 18.2 Å². The van der Waals surface area contributed by atoms with E-state index in [1.54, 1.807) is 24.4 Å². The van der Waals surface area contributed by atoms with E-state index in [1.165, 1.54) is 6.07 Å². The minimum atomic E-state index is -0.287. The van der Waals surface area contributed by atoms with E-state index in [0.29, 0.717) is 22.5 Å². The fourth-order valence-corrected chi connectivity index (χ4v) is 4.50. The second kappa shape index (κ2) is 7.78. The lowest BCUT2D eigenvalue weighted by atomic mass is 10.0. The number of benzene rings is 2. The van der Waals surface area contributed by atoms with E-state index in [0.717, 1.165) is 37.2 Å². The Balaban J connectivity index is 1.28. The summed E-state index contributed by atoms with van der Waals surface area (Å²) in [5.41, 5.74) is 2.96. The predicted molar refractivity (Wildman–Crippen MR) is 114 cm³/mol. The molecule has 2 aliphatic heterocycles. The van der Waals surface area contributed by atoms with E-state index >= 15 is 0 Å². The smallest absolute Gasteiger partial charge is 0.251 e. The molecule has 1 aromatic heterocycles. The van der Waals surface area contributed by atoms with Crippen molar-refractivity contribution in [3.05, 3.63) is 66.1 Å². The molecule has 0 aliphatic carbocycles. The largest absolute Gasteiger partial charge is 0.376 e. The van der Waals surface area contributed by atoms with Gasteiger partial charge in [0.1, 0.15) is 5.82 Å². The lowest BCUT2D eigenvalue weighted by Crippen LogP contribution is -2.45. The van der Waals surface area contributed by atoms with Gasteiger partial charge in [0.2, 0.25) is 0 Å². The number of carbonyl (C=O) groups is 1. The van der Waals surface area contributed by atoms with E-state index in [1.807, 2.05) is 24.3 Å². The molecule has 2 aliphatic rings. The number of ether oxygens (including phenoxy) is 1. The number of pyridine rings is 1. The number of hydrogen-bond acceptors (Lipinski definition) is 4. The Hall–Kier alpha value is -2.83. The molecule has 0 saturated carbocycles. The van der Waals surface area contributed by atoms with Crippen LogP contribution in [-0.2, 0) is 4.74 Å². The first-order valence-corrected chi connectivity index (χ1v) is 10.4. The molecular formula is C24H24FN3O2. The third-order valence-corrected chi connectivity index (χ3v) is 6.08. The Labute approximate surface area is 174 Å². The second-order valence-electron chi connectivity index (χ2n) is 8.27. The van der Waals surface area contributed by atoms with Gasteiger partial charge in [-0.2, -0.15) is 0 Å². The molecular weight excluding hydrogens is 381 g/mol. The van der Waals surface area contributed by atoms with Crippen LogP contribution in [0.5, 0.6) is 0 Å². The monoisotopic (exact) mass is 405 g/mol. The van der Waals surface area contributed by atoms with Crippen LogP contribution in [0.1, 0.15) is 23.7 Å². The molecule has 154 valence electrons. The Morgan fingerprint density at radius 1 is 1.17 bits per heavy atom. The molecule has 3 atom stereocenters. The Kier molecular flexibility index (Phi) is 4.97. The summed E-state index contributed by atoms with van der Waals surface area (Å²) in [6.07, 6.45) is 2.90. The highest BCUT2D eigenvalue weighted by Crippen LogP contribution is 2.26. The SMILES string of the molecule is C[C@@H]1CN2C[C@@H](NC(=O)c3ccc(-c4cnc5cccc(F)c5c4)cc3)C[C@H]2CO1. The van der Waals surface area contributed by atoms with Crippen molar-refractivity contribution in [1.82, 2.24) is 15.2 Å². The number of carbonyl (C=O) groups excluding carboxylic acids is 1. The maximum Gasteiger partial charge on any atom is 0.251 e. The molecule has 1 N–H and O–H groups in total. The van der Waals surface area contributed by atoms with Gasteiger partial charge in [-0.25, -0.2) is 4.39 Å². The van der Waals surface area contributed by atoms with Crippen LogP contribution in [0, 0.1) is 5.82 Å². The lowest BCUT2D eigenvalue weighted by molar-refractivity contribution is -0.0390. The number of rotatable bonds is 3. The Bertz CT molecular complexity index is 1090. The number of morpholine rings is 1. The summed E-state index contributed by atoms with van der Waals surface area (Å²) in [6.45, 7) is 4.62. The van der Waals surface area contributed by atoms with Gasteiger partial charge in [-0.05, 0) is 49.2 Å². The Morgan fingerprint density at radius 3 is 2.83 bits per heavy atom. The van der Waals surface area contributed by atoms with Crippen LogP contribution in [0.2, 0.25) is 0 Å². The topological polar surface area (TPSA) is 54.5 Å². The number of halogens is 1. The minimum Gasteiger partial charge on any atom is -0.376 e. The zero-order valence-electron chi connectivity index (χ0n) is 16.8. The van der Waals surface area contributed by atoms with E-state index in [2.05, 4.69) is 22.1 Å². The third kappa shape index (κ3) is 3.68. The van der Waals surface area contributed by atoms with Gasteiger partial charge in [0.15, 0.2) is 0 Å². The van der Waals surface area contributed by atoms with Crippen molar-refractivity contribution in [3.63, 3.8) is 0 Å². The highest BCUT2D eigenvalue weighted by molar-refractivity contribution is 5.95. The van der Waals surface area contributed by atoms with Gasteiger partial charge >= 0.3 is 0 Å². The molecule has 2 saturated heterocycles. The summed E-state index contributed by atoms with van der Waals surface area (Å²) in [5.74, 6) is -0.353. The summed E-state index contributed by atoms with van der Waals surface area (Å²) in [5, 5.41) is 3.65. The van der Waals surface area contributed by atoms with Crippen molar-refractivity contribution in [2.24, 2.45) is 0 Å². The van der Waals surface area contributed by atoms with Crippen LogP contribution in [-0.4, -0.2) is 53.7 Å². The average Bonchev–Trinajstić information content (AvgIpc) is 3.15. The van der Waals surface area contributed by atoms with Gasteiger partial charge in [0.25, 0.3) is 5.91 Å². The molecule has 2 aromatic carbocycles. The van der Waals surface area contributed by atoms with Crippen molar-refractivity contribution in [2.75, 3.05) is 19.7 Å². The summed E-state index contributed by atoms with van der Waals surface area (Å²) >= 11 is 0. The molecule has 3 aromatic rings. The molecule has 0 spiro atoms. The minimum absolute atomic E-state index is 0.0666. The zero-order valence-corrected chi connectivity index (χ0v) is 16.8. The normalized spacial score (nSPS) is 24.0. The molecule has 2 fully saturated rings. The molecule has 6 heteroatoms. The maximum absolute atomic E-state index is 14.1. The summed E-state index contributed by atoms with van der Waals surface area (Å²) in [7, 11) is 0. The van der Waals surface area contributed by atoms with Crippen LogP contribution in [0.25, 0.3) is 22.0 Å². The number of aromatic nitrogens is 1. The van der Waals surface area contributed by atoms with Gasteiger partial charge in [-0.15, -0.1) is 0 Å². The molecule has 0 bridgehead atoms. The summed E-state index contributed by atoms with van der Waals surface area (Å²) in [4.78, 5) is 19.5. The zero-order chi connectivity index (χ0) is 20.7. The predicted octanol–water partition coefficient (Wildman–Crippen LogP) is 3.63. The van der Waals surface area contributed by atoms with Crippen LogP contribution in [0.3, 0.4) is 0 Å². The number of nitrogens with zero attached hydrogens (tertiary/aromatic N) is 2. The molecule has 0 radical (unpaired) electrons. The average molecular weight is 405 g/mol. The molecule has 5 rings (SSSR count). The van der Waals surface area contributed by atoms with E-state index < -0.39 is 0 Å². The quantitative estimate of drug-likeness (QED) is 0.723. The van der Waals surface area contributed by atoms with E-state index in [4.69, 9.17) is 4.74 Å². The second-order valence-corrected chi connectivity index (χ2v) is 8.27. The van der Waals surface area contributed by atoms with Crippen LogP contribution in [0.4, 0.5) is 4.39 Å². The van der Waals surface area contributed by atoms with Crippen molar-refractivity contribution in [3.8, 4) is 11.1 Å². The fourth-order valence-electron chi connectivity index (χ4n) is 4.50. The maximum atomic E-state index is 14.1. The number of hydrogen-bond donors (Lipinski definition) is 1. The highest BCUT2D eigenvalue weighted by Gasteiger charge is 2.36. The van der Waals surface area contributed by atoms with E-state index in [-0.39, 0.29) is 23.9 Å². The summed E-state index contributed by atoms with van der Waals surface area (Å²) in [6, 6.07) is 14.6. The van der Waals surface area contributed by atoms with Gasteiger partial charge in [0, 0.05) is 47.9 Å². The van der Waals surface area contributed by atoms with Crippen molar-refractivity contribution < 1.29 is 13.9 Å². The number of fused-ring (bicyclic) bond motifs is 2. The molecule has 0 unspecified atom stereocenters. The van der Waals surface area contributed by atoms with Crippen molar-refractivity contribution in [2.45, 2.75) is 31.5 Å². The van der Waals surface area contributed by atoms with Crippen molar-refractivity contribution in [1.29, 1.82) is 0 Å². The molecule has 3 heterocycles. The van der Waals surface area contributed by atoms with Crippen molar-refractivity contribution >= 4 is 16.8 Å². The van der Waals surface area contributed by atoms with Crippen LogP contribution >= 0.6 is 0 Å². The van der Waals surface area contributed by atoms with Gasteiger partial charge in [-0.1, -0.05) is 18.2 Å². The molecule has 30 heavy (non-hydrogen) atoms. The first kappa shape index (κ1) is 19.2. The molecule has 1 amide bonds. The summed E-state index contributed by atoms with van der Waals surface area (Å²) < 4.78 is 19.8. The van der Waals surface area contributed by atoms with Gasteiger partial charge in [-0.3, -0.25) is 14.7 Å². The van der Waals surface area contributed by atoms with Crippen LogP contribution in [0.15, 0.2) is 54.7 Å². The lowest BCUT2D eigenvalue weighted by Gasteiger charge is -2.33. The first-order chi connectivity index (χ1) is 14.6. The van der Waals surface area contributed by atoms with E-state index in [9.17, 15) is 9.18 Å². The third-order valence-electron chi connectivity index (χ3n) is 6.08. The molecule has 5 nitrogen and oxygen atoms in total. The Morgan fingerprint density at radius 2 is 2.00 bits per heavy atom.